The van der Waals surface area contributed by atoms with Crippen LogP contribution in [0.4, 0.5) is 0 Å². The molecule has 1 aliphatic heterocycles. The summed E-state index contributed by atoms with van der Waals surface area (Å²) in [7, 11) is 0. The molecule has 1 unspecified atom stereocenters. The van der Waals surface area contributed by atoms with Gasteiger partial charge in [0.25, 0.3) is 0 Å². The van der Waals surface area contributed by atoms with Crippen molar-refractivity contribution >= 4 is 0 Å². The molecule has 0 saturated carbocycles. The van der Waals surface area contributed by atoms with Crippen LogP contribution in [-0.2, 0) is 6.67 Å². The molecule has 1 saturated heterocycles. The van der Waals surface area contributed by atoms with Crippen LogP contribution >= 0.6 is 0 Å². The Hall–Kier alpha value is -0.830. The topological polar surface area (TPSA) is 21.1 Å². The second-order valence-corrected chi connectivity index (χ2v) is 4.24. The zero-order valence-electron chi connectivity index (χ0n) is 8.89. The van der Waals surface area contributed by atoms with Gasteiger partial charge >= 0.3 is 0 Å². The fourth-order valence-corrected chi connectivity index (χ4v) is 2.29. The molecule has 0 spiro atoms. The van der Waals surface area contributed by atoms with Gasteiger partial charge in [0.05, 0.1) is 13.0 Å². The smallest absolute Gasteiger partial charge is 0.0956 e. The first-order valence-electron chi connectivity index (χ1n) is 5.56. The molecule has 0 radical (unpaired) electrons. The Balaban J connectivity index is 1.79. The van der Waals surface area contributed by atoms with E-state index in [0.29, 0.717) is 0 Å². The lowest BCUT2D eigenvalue weighted by Crippen LogP contribution is -2.23. The molecule has 14 heavy (non-hydrogen) atoms. The molecule has 1 aromatic heterocycles. The first kappa shape index (κ1) is 9.71. The molecule has 1 aromatic rings. The molecule has 2 heterocycles. The molecule has 0 amide bonds. The van der Waals surface area contributed by atoms with Gasteiger partial charge in [-0.3, -0.25) is 4.90 Å². The molecule has 0 bridgehead atoms. The standard InChI is InChI=1S/C11H19N3/c1-2-3-11-4-6-13(8-11)10-14-7-5-12-9-14/h5,7,9,11H,2-4,6,8,10H2,1H3. The number of rotatable bonds is 4. The van der Waals surface area contributed by atoms with Crippen LogP contribution < -0.4 is 0 Å². The molecular formula is C11H19N3. The average molecular weight is 193 g/mol. The van der Waals surface area contributed by atoms with E-state index < -0.39 is 0 Å². The first-order valence-corrected chi connectivity index (χ1v) is 5.56. The van der Waals surface area contributed by atoms with Crippen molar-refractivity contribution in [2.45, 2.75) is 32.9 Å². The Morgan fingerprint density at radius 2 is 2.43 bits per heavy atom. The monoisotopic (exact) mass is 193 g/mol. The summed E-state index contributed by atoms with van der Waals surface area (Å²) in [6.07, 6.45) is 9.87. The van der Waals surface area contributed by atoms with Crippen molar-refractivity contribution in [3.63, 3.8) is 0 Å². The normalized spacial score (nSPS) is 23.1. The Bertz CT molecular complexity index is 256. The highest BCUT2D eigenvalue weighted by molar-refractivity contribution is 4.78. The van der Waals surface area contributed by atoms with Crippen molar-refractivity contribution in [2.24, 2.45) is 5.92 Å². The van der Waals surface area contributed by atoms with Crippen LogP contribution in [0.5, 0.6) is 0 Å². The summed E-state index contributed by atoms with van der Waals surface area (Å²) in [4.78, 5) is 6.57. The number of hydrogen-bond donors (Lipinski definition) is 0. The summed E-state index contributed by atoms with van der Waals surface area (Å²) in [5.74, 6) is 0.934. The Labute approximate surface area is 85.7 Å². The molecule has 1 aliphatic rings. The van der Waals surface area contributed by atoms with E-state index >= 15 is 0 Å². The summed E-state index contributed by atoms with van der Waals surface area (Å²) >= 11 is 0. The predicted octanol–water partition coefficient (Wildman–Crippen LogP) is 1.96. The second kappa shape index (κ2) is 4.60. The van der Waals surface area contributed by atoms with Crippen molar-refractivity contribution in [1.29, 1.82) is 0 Å². The van der Waals surface area contributed by atoms with E-state index in [2.05, 4.69) is 21.4 Å². The van der Waals surface area contributed by atoms with Crippen molar-refractivity contribution < 1.29 is 0 Å². The zero-order chi connectivity index (χ0) is 9.80. The number of hydrogen-bond acceptors (Lipinski definition) is 2. The number of likely N-dealkylation sites (tertiary alicyclic amines) is 1. The van der Waals surface area contributed by atoms with Crippen LogP contribution in [0.25, 0.3) is 0 Å². The molecular weight excluding hydrogens is 174 g/mol. The molecule has 0 aliphatic carbocycles. The largest absolute Gasteiger partial charge is 0.324 e. The van der Waals surface area contributed by atoms with Crippen LogP contribution in [0.2, 0.25) is 0 Å². The molecule has 78 valence electrons. The minimum absolute atomic E-state index is 0.934. The summed E-state index contributed by atoms with van der Waals surface area (Å²) in [6.45, 7) is 5.81. The number of nitrogens with zero attached hydrogens (tertiary/aromatic N) is 3. The van der Waals surface area contributed by atoms with Crippen molar-refractivity contribution in [3.8, 4) is 0 Å². The third-order valence-electron chi connectivity index (χ3n) is 2.99. The van der Waals surface area contributed by atoms with Crippen LogP contribution in [-0.4, -0.2) is 27.5 Å². The van der Waals surface area contributed by atoms with E-state index in [1.54, 1.807) is 0 Å². The van der Waals surface area contributed by atoms with Gasteiger partial charge in [-0.1, -0.05) is 13.3 Å². The van der Waals surface area contributed by atoms with Gasteiger partial charge in [-0.25, -0.2) is 4.98 Å². The average Bonchev–Trinajstić information content (AvgIpc) is 2.79. The van der Waals surface area contributed by atoms with Gasteiger partial charge in [-0.2, -0.15) is 0 Å². The quantitative estimate of drug-likeness (QED) is 0.729. The molecule has 0 aromatic carbocycles. The molecule has 3 nitrogen and oxygen atoms in total. The van der Waals surface area contributed by atoms with E-state index in [4.69, 9.17) is 0 Å². The Morgan fingerprint density at radius 1 is 1.50 bits per heavy atom. The van der Waals surface area contributed by atoms with Gasteiger partial charge in [0, 0.05) is 25.5 Å². The van der Waals surface area contributed by atoms with Crippen LogP contribution in [0.1, 0.15) is 26.2 Å². The minimum Gasteiger partial charge on any atom is -0.324 e. The first-order chi connectivity index (χ1) is 6.88. The van der Waals surface area contributed by atoms with E-state index in [0.717, 1.165) is 12.6 Å². The van der Waals surface area contributed by atoms with Gasteiger partial charge in [0.2, 0.25) is 0 Å². The van der Waals surface area contributed by atoms with Gasteiger partial charge in [0.1, 0.15) is 0 Å². The highest BCUT2D eigenvalue weighted by Crippen LogP contribution is 2.20. The van der Waals surface area contributed by atoms with Gasteiger partial charge < -0.3 is 4.57 Å². The molecule has 1 atom stereocenters. The summed E-state index contributed by atoms with van der Waals surface area (Å²) in [5, 5.41) is 0. The summed E-state index contributed by atoms with van der Waals surface area (Å²) in [6, 6.07) is 0. The van der Waals surface area contributed by atoms with E-state index in [1.165, 1.54) is 32.4 Å². The van der Waals surface area contributed by atoms with Gasteiger partial charge in [0.15, 0.2) is 0 Å². The number of aromatic nitrogens is 2. The maximum atomic E-state index is 4.06. The highest BCUT2D eigenvalue weighted by atomic mass is 15.3. The third kappa shape index (κ3) is 2.35. The van der Waals surface area contributed by atoms with Crippen LogP contribution in [0.15, 0.2) is 18.7 Å². The van der Waals surface area contributed by atoms with Gasteiger partial charge in [-0.15, -0.1) is 0 Å². The lowest BCUT2D eigenvalue weighted by atomic mass is 10.0. The van der Waals surface area contributed by atoms with Crippen molar-refractivity contribution in [3.05, 3.63) is 18.7 Å². The maximum absolute atomic E-state index is 4.06. The molecule has 0 N–H and O–H groups in total. The number of imidazole rings is 1. The summed E-state index contributed by atoms with van der Waals surface area (Å²) < 4.78 is 2.15. The predicted molar refractivity (Wildman–Crippen MR) is 56.8 cm³/mol. The fraction of sp³-hybridized carbons (Fsp3) is 0.727. The maximum Gasteiger partial charge on any atom is 0.0956 e. The lowest BCUT2D eigenvalue weighted by Gasteiger charge is -2.16. The third-order valence-corrected chi connectivity index (χ3v) is 2.99. The lowest BCUT2D eigenvalue weighted by molar-refractivity contribution is 0.257. The Kier molecular flexibility index (Phi) is 3.19. The van der Waals surface area contributed by atoms with Crippen LogP contribution in [0.3, 0.4) is 0 Å². The summed E-state index contributed by atoms with van der Waals surface area (Å²) in [5.41, 5.74) is 0. The second-order valence-electron chi connectivity index (χ2n) is 4.24. The fourth-order valence-electron chi connectivity index (χ4n) is 2.29. The van der Waals surface area contributed by atoms with Gasteiger partial charge in [-0.05, 0) is 18.8 Å². The molecule has 2 rings (SSSR count). The Morgan fingerprint density at radius 3 is 3.14 bits per heavy atom. The zero-order valence-corrected chi connectivity index (χ0v) is 8.89. The van der Waals surface area contributed by atoms with E-state index in [-0.39, 0.29) is 0 Å². The van der Waals surface area contributed by atoms with E-state index in [9.17, 15) is 0 Å². The molecule has 1 fully saturated rings. The minimum atomic E-state index is 0.934. The SMILES string of the molecule is CCCC1CCN(Cn2ccnc2)C1. The molecule has 3 heteroatoms. The van der Waals surface area contributed by atoms with Crippen molar-refractivity contribution in [2.75, 3.05) is 13.1 Å². The van der Waals surface area contributed by atoms with Crippen molar-refractivity contribution in [1.82, 2.24) is 14.5 Å². The van der Waals surface area contributed by atoms with Crippen LogP contribution in [0, 0.1) is 5.92 Å². The van der Waals surface area contributed by atoms with E-state index in [1.807, 2.05) is 18.7 Å². The highest BCUT2D eigenvalue weighted by Gasteiger charge is 2.21.